The smallest absolute Gasteiger partial charge is 0.000242 e. The standard InChI is InChI=1S/C14H30N2/c1-4-14(2,3)13-15-9-8-12-16-10-6-5-7-11-16/h15H,4-13H2,1-3H3. The molecule has 2 nitrogen and oxygen atoms in total. The zero-order valence-electron chi connectivity index (χ0n) is 11.5. The van der Waals surface area contributed by atoms with Gasteiger partial charge in [-0.25, -0.2) is 0 Å². The molecule has 16 heavy (non-hydrogen) atoms. The van der Waals surface area contributed by atoms with Crippen LogP contribution in [-0.2, 0) is 0 Å². The molecule has 1 N–H and O–H groups in total. The second-order valence-corrected chi connectivity index (χ2v) is 5.95. The van der Waals surface area contributed by atoms with E-state index in [0.29, 0.717) is 5.41 Å². The highest BCUT2D eigenvalue weighted by Gasteiger charge is 2.14. The normalized spacial score (nSPS) is 18.9. The fourth-order valence-electron chi connectivity index (χ4n) is 2.16. The lowest BCUT2D eigenvalue weighted by Crippen LogP contribution is -2.34. The molecule has 1 heterocycles. The molecule has 0 saturated carbocycles. The van der Waals surface area contributed by atoms with Crippen LogP contribution in [0.5, 0.6) is 0 Å². The topological polar surface area (TPSA) is 15.3 Å². The summed E-state index contributed by atoms with van der Waals surface area (Å²) in [6, 6.07) is 0. The van der Waals surface area contributed by atoms with Gasteiger partial charge in [-0.05, 0) is 57.3 Å². The average molecular weight is 226 g/mol. The van der Waals surface area contributed by atoms with E-state index in [0.717, 1.165) is 6.54 Å². The molecule has 0 aromatic carbocycles. The van der Waals surface area contributed by atoms with Crippen LogP contribution in [0.2, 0.25) is 0 Å². The summed E-state index contributed by atoms with van der Waals surface area (Å²) in [4.78, 5) is 2.62. The van der Waals surface area contributed by atoms with Crippen LogP contribution in [0.4, 0.5) is 0 Å². The van der Waals surface area contributed by atoms with E-state index in [-0.39, 0.29) is 0 Å². The highest BCUT2D eigenvalue weighted by atomic mass is 15.1. The molecule has 0 bridgehead atoms. The Morgan fingerprint density at radius 1 is 1.12 bits per heavy atom. The van der Waals surface area contributed by atoms with E-state index in [4.69, 9.17) is 0 Å². The van der Waals surface area contributed by atoms with E-state index in [1.54, 1.807) is 0 Å². The van der Waals surface area contributed by atoms with Crippen molar-refractivity contribution in [2.75, 3.05) is 32.7 Å². The summed E-state index contributed by atoms with van der Waals surface area (Å²) in [7, 11) is 0. The maximum atomic E-state index is 3.59. The molecule has 1 aliphatic heterocycles. The first-order chi connectivity index (χ1) is 7.64. The van der Waals surface area contributed by atoms with Gasteiger partial charge in [0.25, 0.3) is 0 Å². The number of nitrogens with zero attached hydrogens (tertiary/aromatic N) is 1. The molecular weight excluding hydrogens is 196 g/mol. The van der Waals surface area contributed by atoms with Crippen molar-refractivity contribution in [3.8, 4) is 0 Å². The lowest BCUT2D eigenvalue weighted by molar-refractivity contribution is 0.224. The van der Waals surface area contributed by atoms with E-state index >= 15 is 0 Å². The minimum atomic E-state index is 0.463. The summed E-state index contributed by atoms with van der Waals surface area (Å²) in [5.74, 6) is 0. The SMILES string of the molecule is CCC(C)(C)CNCCCN1CCCCC1. The first-order valence-electron chi connectivity index (χ1n) is 7.07. The van der Waals surface area contributed by atoms with E-state index in [9.17, 15) is 0 Å². The van der Waals surface area contributed by atoms with Crippen LogP contribution in [0.25, 0.3) is 0 Å². The lowest BCUT2D eigenvalue weighted by Gasteiger charge is -2.27. The van der Waals surface area contributed by atoms with Crippen LogP contribution < -0.4 is 5.32 Å². The van der Waals surface area contributed by atoms with Gasteiger partial charge in [-0.15, -0.1) is 0 Å². The number of rotatable bonds is 7. The number of likely N-dealkylation sites (tertiary alicyclic amines) is 1. The van der Waals surface area contributed by atoms with E-state index in [1.807, 2.05) is 0 Å². The fraction of sp³-hybridized carbons (Fsp3) is 1.00. The number of hydrogen-bond donors (Lipinski definition) is 1. The number of piperidine rings is 1. The molecule has 0 unspecified atom stereocenters. The minimum Gasteiger partial charge on any atom is -0.316 e. The molecule has 1 aliphatic rings. The Kier molecular flexibility index (Phi) is 6.37. The highest BCUT2D eigenvalue weighted by molar-refractivity contribution is 4.70. The second kappa shape index (κ2) is 7.29. The molecule has 0 radical (unpaired) electrons. The molecule has 96 valence electrons. The molecule has 0 aromatic rings. The monoisotopic (exact) mass is 226 g/mol. The third-order valence-electron chi connectivity index (χ3n) is 3.84. The van der Waals surface area contributed by atoms with Crippen molar-refractivity contribution in [2.24, 2.45) is 5.41 Å². The maximum absolute atomic E-state index is 3.59. The van der Waals surface area contributed by atoms with Crippen LogP contribution in [-0.4, -0.2) is 37.6 Å². The first kappa shape index (κ1) is 14.0. The fourth-order valence-corrected chi connectivity index (χ4v) is 2.16. The molecule has 0 amide bonds. The Bertz CT molecular complexity index is 172. The number of nitrogens with one attached hydrogen (secondary N) is 1. The molecule has 1 fully saturated rings. The highest BCUT2D eigenvalue weighted by Crippen LogP contribution is 2.17. The molecule has 1 saturated heterocycles. The molecular formula is C14H30N2. The predicted molar refractivity (Wildman–Crippen MR) is 71.8 cm³/mol. The van der Waals surface area contributed by atoms with Gasteiger partial charge in [-0.2, -0.15) is 0 Å². The lowest BCUT2D eigenvalue weighted by atomic mass is 9.90. The summed E-state index contributed by atoms with van der Waals surface area (Å²) in [6.07, 6.45) is 6.83. The van der Waals surface area contributed by atoms with Gasteiger partial charge in [-0.1, -0.05) is 27.2 Å². The Balaban J connectivity index is 1.95. The predicted octanol–water partition coefficient (Wildman–Crippen LogP) is 2.89. The Hall–Kier alpha value is -0.0800. The van der Waals surface area contributed by atoms with Crippen LogP contribution >= 0.6 is 0 Å². The van der Waals surface area contributed by atoms with Crippen LogP contribution in [0.15, 0.2) is 0 Å². The van der Waals surface area contributed by atoms with Crippen LogP contribution in [0.1, 0.15) is 52.9 Å². The summed E-state index contributed by atoms with van der Waals surface area (Å²) in [6.45, 7) is 13.2. The summed E-state index contributed by atoms with van der Waals surface area (Å²) in [5, 5.41) is 3.59. The van der Waals surface area contributed by atoms with Crippen molar-refractivity contribution in [3.63, 3.8) is 0 Å². The molecule has 0 spiro atoms. The quantitative estimate of drug-likeness (QED) is 0.672. The van der Waals surface area contributed by atoms with E-state index in [2.05, 4.69) is 31.0 Å². The molecule has 2 heteroatoms. The largest absolute Gasteiger partial charge is 0.316 e. The zero-order chi connectivity index (χ0) is 11.9. The van der Waals surface area contributed by atoms with Crippen molar-refractivity contribution in [2.45, 2.75) is 52.9 Å². The summed E-state index contributed by atoms with van der Waals surface area (Å²) < 4.78 is 0. The van der Waals surface area contributed by atoms with Gasteiger partial charge in [0.15, 0.2) is 0 Å². The van der Waals surface area contributed by atoms with Crippen LogP contribution in [0, 0.1) is 5.41 Å². The third-order valence-corrected chi connectivity index (χ3v) is 3.84. The summed E-state index contributed by atoms with van der Waals surface area (Å²) >= 11 is 0. The van der Waals surface area contributed by atoms with Crippen molar-refractivity contribution in [1.29, 1.82) is 0 Å². The first-order valence-corrected chi connectivity index (χ1v) is 7.07. The van der Waals surface area contributed by atoms with Crippen LogP contribution in [0.3, 0.4) is 0 Å². The van der Waals surface area contributed by atoms with Gasteiger partial charge in [0.05, 0.1) is 0 Å². The van der Waals surface area contributed by atoms with Crippen molar-refractivity contribution in [1.82, 2.24) is 10.2 Å². The van der Waals surface area contributed by atoms with Crippen molar-refractivity contribution >= 4 is 0 Å². The molecule has 0 aliphatic carbocycles. The maximum Gasteiger partial charge on any atom is 0.000242 e. The van der Waals surface area contributed by atoms with Gasteiger partial charge in [0.1, 0.15) is 0 Å². The Morgan fingerprint density at radius 3 is 2.44 bits per heavy atom. The minimum absolute atomic E-state index is 0.463. The molecule has 0 aromatic heterocycles. The average Bonchev–Trinajstić information content (AvgIpc) is 2.30. The summed E-state index contributed by atoms with van der Waals surface area (Å²) in [5.41, 5.74) is 0.463. The van der Waals surface area contributed by atoms with E-state index in [1.165, 1.54) is 58.3 Å². The Morgan fingerprint density at radius 2 is 1.81 bits per heavy atom. The van der Waals surface area contributed by atoms with Crippen molar-refractivity contribution in [3.05, 3.63) is 0 Å². The Labute approximate surface area is 102 Å². The molecule has 1 rings (SSSR count). The van der Waals surface area contributed by atoms with Gasteiger partial charge in [-0.3, -0.25) is 0 Å². The van der Waals surface area contributed by atoms with E-state index < -0.39 is 0 Å². The zero-order valence-corrected chi connectivity index (χ0v) is 11.5. The third kappa shape index (κ3) is 5.86. The van der Waals surface area contributed by atoms with Gasteiger partial charge in [0, 0.05) is 6.54 Å². The van der Waals surface area contributed by atoms with Gasteiger partial charge < -0.3 is 10.2 Å². The second-order valence-electron chi connectivity index (χ2n) is 5.95. The van der Waals surface area contributed by atoms with Gasteiger partial charge >= 0.3 is 0 Å². The number of hydrogen-bond acceptors (Lipinski definition) is 2. The van der Waals surface area contributed by atoms with Crippen molar-refractivity contribution < 1.29 is 0 Å². The molecule has 0 atom stereocenters. The van der Waals surface area contributed by atoms with Gasteiger partial charge in [0.2, 0.25) is 0 Å².